The number of carbonyl (C=O) groups is 1. The normalized spacial score (nSPS) is 22.9. The van der Waals surface area contributed by atoms with E-state index in [0.717, 1.165) is 19.3 Å². The van der Waals surface area contributed by atoms with Gasteiger partial charge in [0.05, 0.1) is 10.8 Å². The molecular weight excluding hydrogens is 290 g/mol. The highest BCUT2D eigenvalue weighted by atomic mass is 32.2. The first-order chi connectivity index (χ1) is 9.92. The molecule has 1 aliphatic rings. The summed E-state index contributed by atoms with van der Waals surface area (Å²) in [6.45, 7) is 1.93. The van der Waals surface area contributed by atoms with Crippen LogP contribution in [0.25, 0.3) is 0 Å². The van der Waals surface area contributed by atoms with Crippen LogP contribution in [0.3, 0.4) is 0 Å². The quantitative estimate of drug-likeness (QED) is 0.873. The number of nitrogens with one attached hydrogen (secondary N) is 1. The summed E-state index contributed by atoms with van der Waals surface area (Å²) >= 11 is 0. The summed E-state index contributed by atoms with van der Waals surface area (Å²) in [5, 5.41) is 9.22. The van der Waals surface area contributed by atoms with Crippen molar-refractivity contribution in [1.29, 1.82) is 0 Å². The lowest BCUT2D eigenvalue weighted by Crippen LogP contribution is -2.37. The number of sulfonamides is 1. The molecular formula is C15H21NO4S. The number of carboxylic acids is 1. The largest absolute Gasteiger partial charge is 0.481 e. The third-order valence-electron chi connectivity index (χ3n) is 4.14. The smallest absolute Gasteiger partial charge is 0.306 e. The standard InChI is InChI=1S/C15H21NO4S/c1-11-6-2-5-9-14(11)21(19,20)16-10-12-7-3-4-8-13(12)15(17)18/h2,5-6,9,12-13,16H,3-4,7-8,10H2,1H3,(H,17,18). The number of aliphatic carboxylic acids is 1. The van der Waals surface area contributed by atoms with Crippen molar-refractivity contribution in [2.45, 2.75) is 37.5 Å². The molecule has 2 rings (SSSR count). The number of hydrogen-bond donors (Lipinski definition) is 2. The number of benzene rings is 1. The lowest BCUT2D eigenvalue weighted by Gasteiger charge is -2.28. The van der Waals surface area contributed by atoms with Gasteiger partial charge in [-0.05, 0) is 37.3 Å². The third-order valence-corrected chi connectivity index (χ3v) is 5.73. The summed E-state index contributed by atoms with van der Waals surface area (Å²) in [4.78, 5) is 11.5. The Morgan fingerprint density at radius 1 is 1.29 bits per heavy atom. The molecule has 1 aromatic rings. The van der Waals surface area contributed by atoms with Crippen molar-refractivity contribution in [3.8, 4) is 0 Å². The lowest BCUT2D eigenvalue weighted by atomic mass is 9.79. The van der Waals surface area contributed by atoms with Crippen LogP contribution >= 0.6 is 0 Å². The fourth-order valence-electron chi connectivity index (χ4n) is 2.93. The van der Waals surface area contributed by atoms with Crippen molar-refractivity contribution >= 4 is 16.0 Å². The molecule has 6 heteroatoms. The van der Waals surface area contributed by atoms with Gasteiger partial charge in [0, 0.05) is 6.54 Å². The van der Waals surface area contributed by atoms with Crippen LogP contribution in [0, 0.1) is 18.8 Å². The van der Waals surface area contributed by atoms with Crippen LogP contribution in [0.4, 0.5) is 0 Å². The van der Waals surface area contributed by atoms with E-state index in [9.17, 15) is 18.3 Å². The van der Waals surface area contributed by atoms with Gasteiger partial charge in [-0.15, -0.1) is 0 Å². The SMILES string of the molecule is Cc1ccccc1S(=O)(=O)NCC1CCCCC1C(=O)O. The van der Waals surface area contributed by atoms with Gasteiger partial charge in [-0.2, -0.15) is 0 Å². The van der Waals surface area contributed by atoms with E-state index in [1.54, 1.807) is 31.2 Å². The Morgan fingerprint density at radius 3 is 2.62 bits per heavy atom. The number of rotatable bonds is 5. The van der Waals surface area contributed by atoms with E-state index in [2.05, 4.69) is 4.72 Å². The van der Waals surface area contributed by atoms with E-state index in [-0.39, 0.29) is 17.4 Å². The minimum atomic E-state index is -3.58. The first-order valence-electron chi connectivity index (χ1n) is 7.20. The van der Waals surface area contributed by atoms with Crippen molar-refractivity contribution in [2.75, 3.05) is 6.54 Å². The van der Waals surface area contributed by atoms with Crippen LogP contribution < -0.4 is 4.72 Å². The second-order valence-corrected chi connectivity index (χ2v) is 7.34. The highest BCUT2D eigenvalue weighted by Gasteiger charge is 2.31. The van der Waals surface area contributed by atoms with E-state index < -0.39 is 21.9 Å². The van der Waals surface area contributed by atoms with Crippen LogP contribution in [0.2, 0.25) is 0 Å². The zero-order valence-corrected chi connectivity index (χ0v) is 12.9. The highest BCUT2D eigenvalue weighted by molar-refractivity contribution is 7.89. The summed E-state index contributed by atoms with van der Waals surface area (Å²) in [7, 11) is -3.58. The molecule has 1 saturated carbocycles. The predicted molar refractivity (Wildman–Crippen MR) is 79.5 cm³/mol. The van der Waals surface area contributed by atoms with Gasteiger partial charge in [0.15, 0.2) is 0 Å². The Kier molecular flexibility index (Phi) is 5.00. The fraction of sp³-hybridized carbons (Fsp3) is 0.533. The molecule has 0 spiro atoms. The third kappa shape index (κ3) is 3.83. The van der Waals surface area contributed by atoms with Gasteiger partial charge in [-0.25, -0.2) is 13.1 Å². The first-order valence-corrected chi connectivity index (χ1v) is 8.68. The molecule has 0 bridgehead atoms. The Labute approximate surface area is 125 Å². The zero-order valence-electron chi connectivity index (χ0n) is 12.1. The highest BCUT2D eigenvalue weighted by Crippen LogP contribution is 2.30. The summed E-state index contributed by atoms with van der Waals surface area (Å²) in [6.07, 6.45) is 3.25. The molecule has 2 N–H and O–H groups in total. The van der Waals surface area contributed by atoms with Crippen LogP contribution in [0.15, 0.2) is 29.2 Å². The first kappa shape index (κ1) is 16.0. The molecule has 0 radical (unpaired) electrons. The molecule has 1 fully saturated rings. The molecule has 0 aliphatic heterocycles. The van der Waals surface area contributed by atoms with Gasteiger partial charge >= 0.3 is 5.97 Å². The number of aryl methyl sites for hydroxylation is 1. The Morgan fingerprint density at radius 2 is 1.95 bits per heavy atom. The van der Waals surface area contributed by atoms with Crippen LogP contribution in [-0.4, -0.2) is 26.0 Å². The van der Waals surface area contributed by atoms with E-state index in [0.29, 0.717) is 12.0 Å². The summed E-state index contributed by atoms with van der Waals surface area (Å²) < 4.78 is 27.2. The second kappa shape index (κ2) is 6.58. The monoisotopic (exact) mass is 311 g/mol. The van der Waals surface area contributed by atoms with Gasteiger partial charge in [0.1, 0.15) is 0 Å². The van der Waals surface area contributed by atoms with E-state index >= 15 is 0 Å². The number of carboxylic acid groups (broad SMARTS) is 1. The molecule has 0 saturated heterocycles. The average molecular weight is 311 g/mol. The topological polar surface area (TPSA) is 83.5 Å². The minimum Gasteiger partial charge on any atom is -0.481 e. The van der Waals surface area contributed by atoms with E-state index in [4.69, 9.17) is 0 Å². The fourth-order valence-corrected chi connectivity index (χ4v) is 4.27. The van der Waals surface area contributed by atoms with Gasteiger partial charge < -0.3 is 5.11 Å². The Bertz CT molecular complexity index is 612. The molecule has 21 heavy (non-hydrogen) atoms. The van der Waals surface area contributed by atoms with Crippen LogP contribution in [-0.2, 0) is 14.8 Å². The van der Waals surface area contributed by atoms with E-state index in [1.807, 2.05) is 0 Å². The average Bonchev–Trinajstić information content (AvgIpc) is 2.45. The summed E-state index contributed by atoms with van der Waals surface area (Å²) in [5.41, 5.74) is 0.684. The molecule has 0 heterocycles. The maximum absolute atomic E-state index is 12.3. The van der Waals surface area contributed by atoms with Crippen molar-refractivity contribution in [1.82, 2.24) is 4.72 Å². The molecule has 5 nitrogen and oxygen atoms in total. The summed E-state index contributed by atoms with van der Waals surface area (Å²) in [6, 6.07) is 6.78. The summed E-state index contributed by atoms with van der Waals surface area (Å²) in [5.74, 6) is -1.40. The molecule has 1 aliphatic carbocycles. The lowest BCUT2D eigenvalue weighted by molar-refractivity contribution is -0.144. The predicted octanol–water partition coefficient (Wildman–Crippen LogP) is 2.16. The molecule has 2 unspecified atom stereocenters. The molecule has 2 atom stereocenters. The zero-order chi connectivity index (χ0) is 15.5. The van der Waals surface area contributed by atoms with Gasteiger partial charge in [0.2, 0.25) is 10.0 Å². The maximum atomic E-state index is 12.3. The van der Waals surface area contributed by atoms with Crippen LogP contribution in [0.1, 0.15) is 31.2 Å². The number of hydrogen-bond acceptors (Lipinski definition) is 3. The molecule has 116 valence electrons. The minimum absolute atomic E-state index is 0.130. The van der Waals surface area contributed by atoms with E-state index in [1.165, 1.54) is 0 Å². The second-order valence-electron chi connectivity index (χ2n) is 5.61. The van der Waals surface area contributed by atoms with Crippen molar-refractivity contribution in [2.24, 2.45) is 11.8 Å². The van der Waals surface area contributed by atoms with Gasteiger partial charge in [-0.3, -0.25) is 4.79 Å². The maximum Gasteiger partial charge on any atom is 0.306 e. The molecule has 0 amide bonds. The van der Waals surface area contributed by atoms with Crippen molar-refractivity contribution in [3.05, 3.63) is 29.8 Å². The van der Waals surface area contributed by atoms with Crippen molar-refractivity contribution in [3.63, 3.8) is 0 Å². The Hall–Kier alpha value is -1.40. The van der Waals surface area contributed by atoms with Crippen molar-refractivity contribution < 1.29 is 18.3 Å². The van der Waals surface area contributed by atoms with Gasteiger partial charge in [0.25, 0.3) is 0 Å². The Balaban J connectivity index is 2.08. The molecule has 0 aromatic heterocycles. The van der Waals surface area contributed by atoms with Gasteiger partial charge in [-0.1, -0.05) is 31.0 Å². The molecule has 1 aromatic carbocycles. The van der Waals surface area contributed by atoms with Crippen LogP contribution in [0.5, 0.6) is 0 Å².